The molecular weight excluding hydrogens is 490 g/mol. The summed E-state index contributed by atoms with van der Waals surface area (Å²) in [6.45, 7) is 0.258. The van der Waals surface area contributed by atoms with Gasteiger partial charge in [-0.1, -0.05) is 18.2 Å². The van der Waals surface area contributed by atoms with Crippen LogP contribution in [0, 0.1) is 0 Å². The fourth-order valence-corrected chi connectivity index (χ4v) is 4.52. The molecule has 1 aromatic heterocycles. The average Bonchev–Trinajstić information content (AvgIpc) is 3.20. The second-order valence-electron chi connectivity index (χ2n) is 8.71. The number of benzene rings is 2. The minimum atomic E-state index is -5.07. The summed E-state index contributed by atoms with van der Waals surface area (Å²) in [6.07, 6.45) is -8.14. The molecule has 0 spiro atoms. The highest BCUT2D eigenvalue weighted by Crippen LogP contribution is 2.37. The first kappa shape index (κ1) is 25.5. The summed E-state index contributed by atoms with van der Waals surface area (Å²) < 4.78 is 80.1. The van der Waals surface area contributed by atoms with Crippen molar-refractivity contribution in [2.24, 2.45) is 5.73 Å². The van der Waals surface area contributed by atoms with Gasteiger partial charge in [0, 0.05) is 48.3 Å². The Kier molecular flexibility index (Phi) is 6.74. The zero-order chi connectivity index (χ0) is 26.3. The number of nitrogens with zero attached hydrogens (tertiary/aromatic N) is 2. The smallest absolute Gasteiger partial charge is 0.369 e. The number of alkyl halides is 6. The lowest BCUT2D eigenvalue weighted by atomic mass is 9.98. The fraction of sp³-hybridized carbons (Fsp3) is 0.333. The minimum absolute atomic E-state index is 0.00324. The molecule has 3 N–H and O–H groups in total. The van der Waals surface area contributed by atoms with Gasteiger partial charge >= 0.3 is 12.4 Å². The van der Waals surface area contributed by atoms with Gasteiger partial charge in [0.1, 0.15) is 0 Å². The van der Waals surface area contributed by atoms with Gasteiger partial charge in [-0.2, -0.15) is 26.3 Å². The molecule has 2 heterocycles. The summed E-state index contributed by atoms with van der Waals surface area (Å²) in [4.78, 5) is 30.9. The molecule has 0 bridgehead atoms. The number of rotatable bonds is 5. The Balaban J connectivity index is 1.70. The van der Waals surface area contributed by atoms with Crippen molar-refractivity contribution < 1.29 is 35.9 Å². The minimum Gasteiger partial charge on any atom is -0.369 e. The quantitative estimate of drug-likeness (QED) is 0.506. The monoisotopic (exact) mass is 512 g/mol. The summed E-state index contributed by atoms with van der Waals surface area (Å²) in [6, 6.07) is 7.61. The van der Waals surface area contributed by atoms with E-state index in [4.69, 9.17) is 5.73 Å². The first-order valence-electron chi connectivity index (χ1n) is 11.0. The van der Waals surface area contributed by atoms with Gasteiger partial charge in [-0.15, -0.1) is 0 Å². The van der Waals surface area contributed by atoms with E-state index in [0.717, 1.165) is 16.5 Å². The number of halogens is 6. The molecule has 36 heavy (non-hydrogen) atoms. The Labute approximate surface area is 201 Å². The fourth-order valence-electron chi connectivity index (χ4n) is 4.52. The summed E-state index contributed by atoms with van der Waals surface area (Å²) in [5.41, 5.74) is 3.14. The van der Waals surface area contributed by atoms with Crippen LogP contribution in [-0.2, 0) is 23.6 Å². The van der Waals surface area contributed by atoms with Gasteiger partial charge in [-0.3, -0.25) is 14.5 Å². The zero-order valence-corrected chi connectivity index (χ0v) is 18.8. The molecule has 1 aliphatic heterocycles. The van der Waals surface area contributed by atoms with Gasteiger partial charge in [-0.25, -0.2) is 0 Å². The van der Waals surface area contributed by atoms with E-state index >= 15 is 0 Å². The molecule has 192 valence electrons. The first-order chi connectivity index (χ1) is 16.8. The SMILES string of the molecule is NC(=O)CN1CCN(C(=O)c2cc(C(F)(F)F)cc(C(F)(F)F)c2)[C@H](Cc2c[nH]c3ccccc23)C1. The number of fused-ring (bicyclic) bond motifs is 1. The van der Waals surface area contributed by atoms with E-state index in [9.17, 15) is 35.9 Å². The molecule has 2 aromatic carbocycles. The number of nitrogens with two attached hydrogens (primary N) is 1. The molecule has 1 fully saturated rings. The van der Waals surface area contributed by atoms with E-state index in [2.05, 4.69) is 4.98 Å². The molecule has 1 saturated heterocycles. The van der Waals surface area contributed by atoms with E-state index in [1.54, 1.807) is 11.1 Å². The highest BCUT2D eigenvalue weighted by atomic mass is 19.4. The number of amides is 2. The van der Waals surface area contributed by atoms with Gasteiger partial charge in [0.2, 0.25) is 5.91 Å². The van der Waals surface area contributed by atoms with Crippen molar-refractivity contribution >= 4 is 22.7 Å². The molecule has 12 heteroatoms. The first-order valence-corrected chi connectivity index (χ1v) is 11.0. The van der Waals surface area contributed by atoms with Crippen molar-refractivity contribution in [1.29, 1.82) is 0 Å². The van der Waals surface area contributed by atoms with Crippen LogP contribution in [0.15, 0.2) is 48.7 Å². The number of nitrogens with one attached hydrogen (secondary N) is 1. The molecule has 3 aromatic rings. The number of aromatic amines is 1. The molecule has 0 aliphatic carbocycles. The second-order valence-corrected chi connectivity index (χ2v) is 8.71. The highest BCUT2D eigenvalue weighted by molar-refractivity contribution is 5.95. The molecule has 1 atom stereocenters. The van der Waals surface area contributed by atoms with Gasteiger partial charge in [-0.05, 0) is 36.2 Å². The van der Waals surface area contributed by atoms with Crippen LogP contribution in [0.5, 0.6) is 0 Å². The largest absolute Gasteiger partial charge is 0.416 e. The van der Waals surface area contributed by atoms with Crippen LogP contribution >= 0.6 is 0 Å². The maximum atomic E-state index is 13.4. The maximum Gasteiger partial charge on any atom is 0.416 e. The third-order valence-corrected chi connectivity index (χ3v) is 6.17. The van der Waals surface area contributed by atoms with Gasteiger partial charge in [0.05, 0.1) is 17.7 Å². The Morgan fingerprint density at radius 2 is 1.61 bits per heavy atom. The van der Waals surface area contributed by atoms with Crippen LogP contribution in [0.2, 0.25) is 0 Å². The van der Waals surface area contributed by atoms with Crippen LogP contribution in [0.3, 0.4) is 0 Å². The van der Waals surface area contributed by atoms with Gasteiger partial charge in [0.15, 0.2) is 0 Å². The van der Waals surface area contributed by atoms with E-state index in [1.165, 1.54) is 4.90 Å². The lowest BCUT2D eigenvalue weighted by molar-refractivity contribution is -0.143. The van der Waals surface area contributed by atoms with E-state index in [1.807, 2.05) is 24.3 Å². The number of carbonyl (C=O) groups excluding carboxylic acids is 2. The van der Waals surface area contributed by atoms with Gasteiger partial charge < -0.3 is 15.6 Å². The highest BCUT2D eigenvalue weighted by Gasteiger charge is 2.39. The van der Waals surface area contributed by atoms with E-state index in [0.29, 0.717) is 12.1 Å². The number of H-pyrrole nitrogens is 1. The number of aromatic nitrogens is 1. The molecule has 6 nitrogen and oxygen atoms in total. The summed E-state index contributed by atoms with van der Waals surface area (Å²) in [5.74, 6) is -1.54. The lowest BCUT2D eigenvalue weighted by Crippen LogP contribution is -2.57. The Morgan fingerprint density at radius 1 is 0.972 bits per heavy atom. The van der Waals surface area contributed by atoms with Crippen LogP contribution in [0.25, 0.3) is 10.9 Å². The third-order valence-electron chi connectivity index (χ3n) is 6.17. The molecule has 0 radical (unpaired) electrons. The summed E-state index contributed by atoms with van der Waals surface area (Å²) >= 11 is 0. The van der Waals surface area contributed by atoms with Crippen molar-refractivity contribution in [1.82, 2.24) is 14.8 Å². The lowest BCUT2D eigenvalue weighted by Gasteiger charge is -2.41. The number of hydrogen-bond donors (Lipinski definition) is 2. The number of primary amides is 1. The van der Waals surface area contributed by atoms with E-state index in [-0.39, 0.29) is 38.7 Å². The van der Waals surface area contributed by atoms with Gasteiger partial charge in [0.25, 0.3) is 5.91 Å². The van der Waals surface area contributed by atoms with Crippen molar-refractivity contribution in [3.63, 3.8) is 0 Å². The number of hydrogen-bond acceptors (Lipinski definition) is 3. The molecule has 2 amide bonds. The van der Waals surface area contributed by atoms with Crippen LogP contribution in [0.1, 0.15) is 27.0 Å². The molecule has 0 saturated carbocycles. The Morgan fingerprint density at radius 3 is 2.22 bits per heavy atom. The van der Waals surface area contributed by atoms with Crippen molar-refractivity contribution in [2.45, 2.75) is 24.8 Å². The molecular formula is C24H22F6N4O2. The third kappa shape index (κ3) is 5.48. The van der Waals surface area contributed by atoms with Crippen LogP contribution in [0.4, 0.5) is 26.3 Å². The Hall–Kier alpha value is -3.54. The summed E-state index contributed by atoms with van der Waals surface area (Å²) in [7, 11) is 0. The maximum absolute atomic E-state index is 13.4. The van der Waals surface area contributed by atoms with Crippen LogP contribution < -0.4 is 5.73 Å². The Bertz CT molecular complexity index is 1250. The molecule has 0 unspecified atom stereocenters. The molecule has 1 aliphatic rings. The van der Waals surface area contributed by atoms with Crippen LogP contribution in [-0.4, -0.2) is 58.8 Å². The number of piperazine rings is 1. The van der Waals surface area contributed by atoms with Crippen molar-refractivity contribution in [2.75, 3.05) is 26.2 Å². The predicted molar refractivity (Wildman–Crippen MR) is 119 cm³/mol. The normalized spacial score (nSPS) is 17.5. The predicted octanol–water partition coefficient (Wildman–Crippen LogP) is 4.06. The van der Waals surface area contributed by atoms with Crippen molar-refractivity contribution in [3.8, 4) is 0 Å². The number of carbonyl (C=O) groups is 2. The summed E-state index contributed by atoms with van der Waals surface area (Å²) in [5, 5.41) is 0.871. The topological polar surface area (TPSA) is 82.4 Å². The van der Waals surface area contributed by atoms with Crippen molar-refractivity contribution in [3.05, 3.63) is 70.9 Å². The van der Waals surface area contributed by atoms with E-state index < -0.39 is 46.9 Å². The standard InChI is InChI=1S/C24H22F6N4O2/c25-23(26,27)16-7-14(8-17(10-16)24(28,29)30)22(36)34-6-5-33(13-21(31)35)12-18(34)9-15-11-32-20-4-2-1-3-19(15)20/h1-4,7-8,10-11,18,32H,5-6,9,12-13H2,(H2,31,35)/t18-/m1/s1. The zero-order valence-electron chi connectivity index (χ0n) is 18.8. The molecule has 4 rings (SSSR count). The second kappa shape index (κ2) is 9.49. The number of para-hydroxylation sites is 1. The average molecular weight is 512 g/mol.